The predicted molar refractivity (Wildman–Crippen MR) is 79.2 cm³/mol. The molecule has 2 aromatic carbocycles. The molecule has 0 heterocycles. The summed E-state index contributed by atoms with van der Waals surface area (Å²) in [6, 6.07) is 17.0. The second kappa shape index (κ2) is 7.17. The first-order valence-corrected chi connectivity index (χ1v) is 6.76. The minimum absolute atomic E-state index is 0.0296. The SMILES string of the molecule is COCC(C)NC(c1ccccc1)c1ccc(F)cc1. The van der Waals surface area contributed by atoms with E-state index in [9.17, 15) is 4.39 Å². The normalized spacial score (nSPS) is 13.9. The van der Waals surface area contributed by atoms with Gasteiger partial charge in [0.05, 0.1) is 12.6 Å². The molecule has 3 heteroatoms. The molecule has 2 unspecified atom stereocenters. The number of methoxy groups -OCH3 is 1. The van der Waals surface area contributed by atoms with E-state index >= 15 is 0 Å². The first-order chi connectivity index (χ1) is 9.70. The Morgan fingerprint density at radius 3 is 2.20 bits per heavy atom. The van der Waals surface area contributed by atoms with Gasteiger partial charge in [0.2, 0.25) is 0 Å². The zero-order chi connectivity index (χ0) is 14.4. The smallest absolute Gasteiger partial charge is 0.123 e. The van der Waals surface area contributed by atoms with E-state index in [1.54, 1.807) is 7.11 Å². The fraction of sp³-hybridized carbons (Fsp3) is 0.294. The molecule has 0 fully saturated rings. The van der Waals surface area contributed by atoms with Crippen molar-refractivity contribution < 1.29 is 9.13 Å². The summed E-state index contributed by atoms with van der Waals surface area (Å²) < 4.78 is 18.3. The van der Waals surface area contributed by atoms with E-state index in [2.05, 4.69) is 24.4 Å². The summed E-state index contributed by atoms with van der Waals surface area (Å²) in [7, 11) is 1.69. The zero-order valence-electron chi connectivity index (χ0n) is 11.8. The van der Waals surface area contributed by atoms with Crippen molar-refractivity contribution in [1.29, 1.82) is 0 Å². The maximum Gasteiger partial charge on any atom is 0.123 e. The molecule has 20 heavy (non-hydrogen) atoms. The van der Waals surface area contributed by atoms with Crippen LogP contribution in [0, 0.1) is 5.82 Å². The van der Waals surface area contributed by atoms with Crippen molar-refractivity contribution in [3.63, 3.8) is 0 Å². The largest absolute Gasteiger partial charge is 0.383 e. The van der Waals surface area contributed by atoms with E-state index in [1.165, 1.54) is 12.1 Å². The molecule has 0 aromatic heterocycles. The molecule has 1 N–H and O–H groups in total. The summed E-state index contributed by atoms with van der Waals surface area (Å²) in [5.74, 6) is -0.217. The molecule has 0 amide bonds. The fourth-order valence-electron chi connectivity index (χ4n) is 2.27. The van der Waals surface area contributed by atoms with Crippen LogP contribution in [0.15, 0.2) is 54.6 Å². The van der Waals surface area contributed by atoms with E-state index in [4.69, 9.17) is 4.74 Å². The number of halogens is 1. The number of hydrogen-bond donors (Lipinski definition) is 1. The first kappa shape index (κ1) is 14.7. The van der Waals surface area contributed by atoms with Crippen molar-refractivity contribution in [2.24, 2.45) is 0 Å². The van der Waals surface area contributed by atoms with Crippen LogP contribution in [0.4, 0.5) is 4.39 Å². The Bertz CT molecular complexity index is 512. The van der Waals surface area contributed by atoms with Crippen LogP contribution in [0.25, 0.3) is 0 Å². The summed E-state index contributed by atoms with van der Waals surface area (Å²) >= 11 is 0. The molecule has 2 atom stereocenters. The van der Waals surface area contributed by atoms with Gasteiger partial charge in [0.1, 0.15) is 5.82 Å². The molecule has 0 saturated heterocycles. The third kappa shape index (κ3) is 3.89. The lowest BCUT2D eigenvalue weighted by atomic mass is 9.98. The van der Waals surface area contributed by atoms with Crippen LogP contribution in [0.1, 0.15) is 24.1 Å². The average molecular weight is 273 g/mol. The van der Waals surface area contributed by atoms with Gasteiger partial charge in [-0.25, -0.2) is 4.39 Å². The molecule has 106 valence electrons. The third-order valence-electron chi connectivity index (χ3n) is 3.20. The maximum atomic E-state index is 13.1. The molecular formula is C17H20FNO. The van der Waals surface area contributed by atoms with E-state index in [0.717, 1.165) is 11.1 Å². The summed E-state index contributed by atoms with van der Waals surface area (Å²) in [6.07, 6.45) is 0. The van der Waals surface area contributed by atoms with Crippen molar-refractivity contribution >= 4 is 0 Å². The third-order valence-corrected chi connectivity index (χ3v) is 3.20. The van der Waals surface area contributed by atoms with E-state index in [-0.39, 0.29) is 17.9 Å². The topological polar surface area (TPSA) is 21.3 Å². The fourth-order valence-corrected chi connectivity index (χ4v) is 2.27. The van der Waals surface area contributed by atoms with Crippen molar-refractivity contribution in [3.8, 4) is 0 Å². The van der Waals surface area contributed by atoms with Gasteiger partial charge in [-0.15, -0.1) is 0 Å². The Hall–Kier alpha value is -1.71. The van der Waals surface area contributed by atoms with E-state index in [1.807, 2.05) is 30.3 Å². The number of ether oxygens (including phenoxy) is 1. The summed E-state index contributed by atoms with van der Waals surface area (Å²) in [5, 5.41) is 3.52. The Balaban J connectivity index is 2.26. The van der Waals surface area contributed by atoms with Crippen LogP contribution in [-0.4, -0.2) is 19.8 Å². The zero-order valence-corrected chi connectivity index (χ0v) is 11.8. The highest BCUT2D eigenvalue weighted by atomic mass is 19.1. The summed E-state index contributed by atoms with van der Waals surface area (Å²) in [5.41, 5.74) is 2.20. The van der Waals surface area contributed by atoms with Crippen LogP contribution < -0.4 is 5.32 Å². The van der Waals surface area contributed by atoms with Gasteiger partial charge in [0.25, 0.3) is 0 Å². The first-order valence-electron chi connectivity index (χ1n) is 6.76. The van der Waals surface area contributed by atoms with Crippen molar-refractivity contribution in [2.45, 2.75) is 19.0 Å². The van der Waals surface area contributed by atoms with Gasteiger partial charge in [-0.3, -0.25) is 0 Å². The highest BCUT2D eigenvalue weighted by Crippen LogP contribution is 2.22. The van der Waals surface area contributed by atoms with Crippen molar-refractivity contribution in [2.75, 3.05) is 13.7 Å². The lowest BCUT2D eigenvalue weighted by molar-refractivity contribution is 0.169. The van der Waals surface area contributed by atoms with E-state index in [0.29, 0.717) is 6.61 Å². The maximum absolute atomic E-state index is 13.1. The molecule has 0 saturated carbocycles. The van der Waals surface area contributed by atoms with Crippen molar-refractivity contribution in [1.82, 2.24) is 5.32 Å². The van der Waals surface area contributed by atoms with Gasteiger partial charge < -0.3 is 10.1 Å². The van der Waals surface area contributed by atoms with Gasteiger partial charge >= 0.3 is 0 Å². The molecule has 0 aliphatic heterocycles. The number of hydrogen-bond acceptors (Lipinski definition) is 2. The molecule has 0 spiro atoms. The minimum atomic E-state index is -0.217. The molecule has 2 aromatic rings. The minimum Gasteiger partial charge on any atom is -0.383 e. The molecule has 0 aliphatic carbocycles. The van der Waals surface area contributed by atoms with E-state index < -0.39 is 0 Å². The Morgan fingerprint density at radius 2 is 1.60 bits per heavy atom. The number of benzene rings is 2. The molecule has 0 aliphatic rings. The van der Waals surface area contributed by atoms with Gasteiger partial charge in [-0.2, -0.15) is 0 Å². The van der Waals surface area contributed by atoms with Gasteiger partial charge in [0.15, 0.2) is 0 Å². The number of rotatable bonds is 6. The Morgan fingerprint density at radius 1 is 1.00 bits per heavy atom. The second-order valence-electron chi connectivity index (χ2n) is 4.92. The predicted octanol–water partition coefficient (Wildman–Crippen LogP) is 3.54. The molecule has 0 radical (unpaired) electrons. The van der Waals surface area contributed by atoms with Crippen LogP contribution in [0.3, 0.4) is 0 Å². The monoisotopic (exact) mass is 273 g/mol. The van der Waals surface area contributed by atoms with Gasteiger partial charge in [-0.05, 0) is 30.2 Å². The highest BCUT2D eigenvalue weighted by Gasteiger charge is 2.16. The van der Waals surface area contributed by atoms with Crippen LogP contribution in [0.2, 0.25) is 0 Å². The summed E-state index contributed by atoms with van der Waals surface area (Å²) in [4.78, 5) is 0. The van der Waals surface area contributed by atoms with Crippen LogP contribution in [0.5, 0.6) is 0 Å². The molecular weight excluding hydrogens is 253 g/mol. The van der Waals surface area contributed by atoms with Crippen LogP contribution in [-0.2, 0) is 4.74 Å². The van der Waals surface area contributed by atoms with Crippen molar-refractivity contribution in [3.05, 3.63) is 71.5 Å². The van der Waals surface area contributed by atoms with Gasteiger partial charge in [0, 0.05) is 13.2 Å². The standard InChI is InChI=1S/C17H20FNO/c1-13(12-20-2)19-17(14-6-4-3-5-7-14)15-8-10-16(18)11-9-15/h3-11,13,17,19H,12H2,1-2H3. The van der Waals surface area contributed by atoms with Crippen LogP contribution >= 0.6 is 0 Å². The quantitative estimate of drug-likeness (QED) is 0.869. The average Bonchev–Trinajstić information content (AvgIpc) is 2.47. The lowest BCUT2D eigenvalue weighted by Gasteiger charge is -2.24. The lowest BCUT2D eigenvalue weighted by Crippen LogP contribution is -2.34. The second-order valence-corrected chi connectivity index (χ2v) is 4.92. The molecule has 2 rings (SSSR count). The molecule has 2 nitrogen and oxygen atoms in total. The summed E-state index contributed by atoms with van der Waals surface area (Å²) in [6.45, 7) is 2.70. The Kier molecular flexibility index (Phi) is 5.27. The number of nitrogens with one attached hydrogen (secondary N) is 1. The highest BCUT2D eigenvalue weighted by molar-refractivity contribution is 5.32. The van der Waals surface area contributed by atoms with Gasteiger partial charge in [-0.1, -0.05) is 42.5 Å². The Labute approximate surface area is 119 Å². The molecule has 0 bridgehead atoms.